The summed E-state index contributed by atoms with van der Waals surface area (Å²) in [5, 5.41) is 1.66. The van der Waals surface area contributed by atoms with Crippen molar-refractivity contribution in [3.05, 3.63) is 89.2 Å². The van der Waals surface area contributed by atoms with Gasteiger partial charge in [0, 0.05) is 27.9 Å². The molecule has 0 fully saturated rings. The number of halogens is 1. The number of carbonyl (C=O) groups is 1. The van der Waals surface area contributed by atoms with Gasteiger partial charge in [0.15, 0.2) is 15.6 Å². The number of ketones is 1. The van der Waals surface area contributed by atoms with Crippen LogP contribution in [0.25, 0.3) is 22.2 Å². The first kappa shape index (κ1) is 20.3. The number of pyridine rings is 1. The minimum Gasteiger partial charge on any atom is -0.334 e. The summed E-state index contributed by atoms with van der Waals surface area (Å²) in [6.45, 7) is 0.426. The van der Waals surface area contributed by atoms with Gasteiger partial charge in [-0.25, -0.2) is 13.4 Å². The molecule has 0 N–H and O–H groups in total. The molecule has 0 aliphatic carbocycles. The molecule has 0 bridgehead atoms. The lowest BCUT2D eigenvalue weighted by Crippen LogP contribution is -2.16. The van der Waals surface area contributed by atoms with Crippen molar-refractivity contribution in [3.63, 3.8) is 0 Å². The Morgan fingerprint density at radius 2 is 1.77 bits per heavy atom. The number of Topliss-reactive ketones (excluding diaryl/α,β-unsaturated/α-hetero) is 1. The molecule has 0 aliphatic rings. The third-order valence-corrected chi connectivity index (χ3v) is 5.76. The molecule has 0 radical (unpaired) electrons. The molecule has 7 heteroatoms. The lowest BCUT2D eigenvalue weighted by Gasteiger charge is -2.12. The molecular weight excluding hydrogens is 420 g/mol. The van der Waals surface area contributed by atoms with Gasteiger partial charge in [0.1, 0.15) is 11.4 Å². The molecule has 2 aromatic heterocycles. The van der Waals surface area contributed by atoms with E-state index in [1.165, 1.54) is 0 Å². The van der Waals surface area contributed by atoms with Gasteiger partial charge < -0.3 is 4.57 Å². The second-order valence-electron chi connectivity index (χ2n) is 7.19. The van der Waals surface area contributed by atoms with Gasteiger partial charge in [0.25, 0.3) is 0 Å². The molecule has 0 amide bonds. The van der Waals surface area contributed by atoms with Crippen LogP contribution in [0.1, 0.15) is 16.2 Å². The third-order valence-electron chi connectivity index (χ3n) is 4.74. The van der Waals surface area contributed by atoms with E-state index in [2.05, 4.69) is 15.6 Å². The monoisotopic (exact) mass is 438 g/mol. The van der Waals surface area contributed by atoms with Crippen molar-refractivity contribution in [1.29, 1.82) is 0 Å². The topological polar surface area (TPSA) is 69.0 Å². The molecule has 0 saturated heterocycles. The molecule has 4 rings (SSSR count). The van der Waals surface area contributed by atoms with Gasteiger partial charge >= 0.3 is 0 Å². The second-order valence-corrected chi connectivity index (χ2v) is 9.77. The van der Waals surface area contributed by atoms with E-state index in [4.69, 9.17) is 11.6 Å². The first-order valence-corrected chi connectivity index (χ1v) is 11.7. The highest BCUT2D eigenvalue weighted by atomic mass is 35.5. The lowest BCUT2D eigenvalue weighted by molar-refractivity contribution is 0.101. The van der Waals surface area contributed by atoms with Crippen LogP contribution in [-0.2, 0) is 16.4 Å². The first-order chi connectivity index (χ1) is 14.3. The van der Waals surface area contributed by atoms with E-state index in [1.54, 1.807) is 12.1 Å². The zero-order chi connectivity index (χ0) is 21.3. The van der Waals surface area contributed by atoms with Gasteiger partial charge in [0.05, 0.1) is 12.2 Å². The maximum Gasteiger partial charge on any atom is 0.196 e. The average Bonchev–Trinajstić information content (AvgIpc) is 3.05. The van der Waals surface area contributed by atoms with E-state index in [0.29, 0.717) is 17.3 Å². The van der Waals surface area contributed by atoms with E-state index < -0.39 is 21.4 Å². The van der Waals surface area contributed by atoms with Crippen molar-refractivity contribution in [3.8, 4) is 11.3 Å². The van der Waals surface area contributed by atoms with Crippen LogP contribution in [-0.4, -0.2) is 35.8 Å². The predicted molar refractivity (Wildman–Crippen MR) is 120 cm³/mol. The Morgan fingerprint density at radius 3 is 2.50 bits per heavy atom. The summed E-state index contributed by atoms with van der Waals surface area (Å²) < 4.78 is 25.1. The van der Waals surface area contributed by atoms with E-state index in [-0.39, 0.29) is 5.69 Å². The number of fused-ring (bicyclic) bond motifs is 1. The third kappa shape index (κ3) is 4.45. The molecule has 152 valence electrons. The number of sulfone groups is 1. The molecule has 5 nitrogen and oxygen atoms in total. The Hall–Kier alpha value is -2.96. The van der Waals surface area contributed by atoms with Crippen molar-refractivity contribution >= 4 is 38.1 Å². The van der Waals surface area contributed by atoms with Crippen LogP contribution in [0, 0.1) is 0 Å². The summed E-state index contributed by atoms with van der Waals surface area (Å²) in [5.74, 6) is -1.06. The van der Waals surface area contributed by atoms with Crippen LogP contribution in [0.15, 0.2) is 72.8 Å². The van der Waals surface area contributed by atoms with E-state index in [1.807, 2.05) is 54.6 Å². The molecule has 2 aromatic carbocycles. The zero-order valence-corrected chi connectivity index (χ0v) is 17.8. The number of nitrogens with zero attached hydrogens (tertiary/aromatic N) is 2. The standard InChI is InChI=1S/C23H19ClN2O3S/c1-30(28,29)15-23(27)20-9-5-8-19(25-20)14-26-21-11-10-18(24)12-17(21)13-22(26)16-6-3-2-4-7-16/h2-13H,14-15H2,1H3. The fraction of sp³-hybridized carbons (Fsp3) is 0.130. The van der Waals surface area contributed by atoms with Crippen molar-refractivity contribution in [2.45, 2.75) is 6.54 Å². The highest BCUT2D eigenvalue weighted by Crippen LogP contribution is 2.30. The first-order valence-electron chi connectivity index (χ1n) is 9.31. The van der Waals surface area contributed by atoms with E-state index in [9.17, 15) is 13.2 Å². The number of benzene rings is 2. The molecule has 30 heavy (non-hydrogen) atoms. The SMILES string of the molecule is CS(=O)(=O)CC(=O)c1cccc(Cn2c(-c3ccccc3)cc3cc(Cl)ccc32)n1. The Balaban J connectivity index is 1.77. The molecule has 4 aromatic rings. The van der Waals surface area contributed by atoms with Gasteiger partial charge in [-0.3, -0.25) is 4.79 Å². The fourth-order valence-corrected chi connectivity index (χ4v) is 4.26. The molecule has 2 heterocycles. The Kier molecular flexibility index (Phi) is 5.45. The quantitative estimate of drug-likeness (QED) is 0.411. The summed E-state index contributed by atoms with van der Waals surface area (Å²) in [4.78, 5) is 16.7. The van der Waals surface area contributed by atoms with Gasteiger partial charge in [-0.2, -0.15) is 0 Å². The van der Waals surface area contributed by atoms with Crippen LogP contribution < -0.4 is 0 Å². The van der Waals surface area contributed by atoms with Crippen molar-refractivity contribution in [1.82, 2.24) is 9.55 Å². The molecule has 0 spiro atoms. The number of carbonyl (C=O) groups excluding carboxylic acids is 1. The molecule has 0 aliphatic heterocycles. The summed E-state index contributed by atoms with van der Waals surface area (Å²) >= 11 is 6.19. The highest BCUT2D eigenvalue weighted by Gasteiger charge is 2.16. The van der Waals surface area contributed by atoms with Crippen LogP contribution in [0.3, 0.4) is 0 Å². The maximum absolute atomic E-state index is 12.3. The smallest absolute Gasteiger partial charge is 0.196 e. The summed E-state index contributed by atoms with van der Waals surface area (Å²) in [6, 6.07) is 22.9. The molecular formula is C23H19ClN2O3S. The Labute approximate surface area is 179 Å². The van der Waals surface area contributed by atoms with Gasteiger partial charge in [-0.1, -0.05) is 48.0 Å². The zero-order valence-electron chi connectivity index (χ0n) is 16.2. The predicted octanol–water partition coefficient (Wildman–Crippen LogP) is 4.63. The van der Waals surface area contributed by atoms with Crippen LogP contribution >= 0.6 is 11.6 Å². The van der Waals surface area contributed by atoms with E-state index >= 15 is 0 Å². The lowest BCUT2D eigenvalue weighted by atomic mass is 10.1. The van der Waals surface area contributed by atoms with Crippen LogP contribution in [0.2, 0.25) is 5.02 Å². The minimum atomic E-state index is -3.42. The molecule has 0 saturated carbocycles. The van der Waals surface area contributed by atoms with Crippen molar-refractivity contribution in [2.75, 3.05) is 12.0 Å². The van der Waals surface area contributed by atoms with Crippen molar-refractivity contribution in [2.24, 2.45) is 0 Å². The molecule has 0 unspecified atom stereocenters. The number of hydrogen-bond acceptors (Lipinski definition) is 4. The average molecular weight is 439 g/mol. The number of aromatic nitrogens is 2. The summed E-state index contributed by atoms with van der Waals surface area (Å²) in [5.41, 5.74) is 3.86. The summed E-state index contributed by atoms with van der Waals surface area (Å²) in [7, 11) is -3.42. The minimum absolute atomic E-state index is 0.152. The van der Waals surface area contributed by atoms with Gasteiger partial charge in [0.2, 0.25) is 0 Å². The largest absolute Gasteiger partial charge is 0.334 e. The number of rotatable bonds is 6. The van der Waals surface area contributed by atoms with Gasteiger partial charge in [-0.05, 0) is 42.0 Å². The second kappa shape index (κ2) is 8.05. The Bertz CT molecular complexity index is 1350. The molecule has 0 atom stereocenters. The number of hydrogen-bond donors (Lipinski definition) is 0. The highest BCUT2D eigenvalue weighted by molar-refractivity contribution is 7.91. The van der Waals surface area contributed by atoms with E-state index in [0.717, 1.165) is 28.4 Å². The fourth-order valence-electron chi connectivity index (χ4n) is 3.46. The van der Waals surface area contributed by atoms with Gasteiger partial charge in [-0.15, -0.1) is 0 Å². The normalized spacial score (nSPS) is 11.7. The summed E-state index contributed by atoms with van der Waals surface area (Å²) in [6.07, 6.45) is 1.04. The maximum atomic E-state index is 12.3. The Morgan fingerprint density at radius 1 is 1.00 bits per heavy atom. The van der Waals surface area contributed by atoms with Crippen LogP contribution in [0.4, 0.5) is 0 Å². The van der Waals surface area contributed by atoms with Crippen LogP contribution in [0.5, 0.6) is 0 Å². The van der Waals surface area contributed by atoms with Crippen molar-refractivity contribution < 1.29 is 13.2 Å².